The minimum Gasteiger partial charge on any atom is -0.464 e. The van der Waals surface area contributed by atoms with Crippen molar-refractivity contribution in [2.75, 3.05) is 25.1 Å². The summed E-state index contributed by atoms with van der Waals surface area (Å²) in [5.74, 6) is 0.654. The van der Waals surface area contributed by atoms with Crippen LogP contribution >= 0.6 is 0 Å². The molecular weight excluding hydrogens is 384 g/mol. The number of nitrogens with one attached hydrogen (secondary N) is 1. The van der Waals surface area contributed by atoms with Crippen LogP contribution in [0.15, 0.2) is 36.8 Å². The van der Waals surface area contributed by atoms with Crippen LogP contribution in [0.1, 0.15) is 36.2 Å². The van der Waals surface area contributed by atoms with Gasteiger partial charge in [-0.15, -0.1) is 0 Å². The largest absolute Gasteiger partial charge is 0.464 e. The number of carbonyl (C=O) groups excluding carboxylic acids is 2. The lowest BCUT2D eigenvalue weighted by Crippen LogP contribution is -2.47. The number of rotatable bonds is 4. The average molecular weight is 406 g/mol. The molecule has 0 unspecified atom stereocenters. The van der Waals surface area contributed by atoms with Crippen LogP contribution in [0.2, 0.25) is 0 Å². The number of nitrogens with zero attached hydrogens (tertiary/aromatic N) is 3. The molecule has 8 nitrogen and oxygen atoms in total. The second-order valence-corrected chi connectivity index (χ2v) is 8.10. The molecule has 30 heavy (non-hydrogen) atoms. The number of anilines is 1. The predicted octanol–water partition coefficient (Wildman–Crippen LogP) is 3.49. The second kappa shape index (κ2) is 7.12. The molecule has 1 aliphatic heterocycles. The van der Waals surface area contributed by atoms with Crippen molar-refractivity contribution in [1.29, 1.82) is 0 Å². The number of esters is 1. The van der Waals surface area contributed by atoms with E-state index in [1.807, 2.05) is 24.4 Å². The number of methoxy groups -OCH3 is 1. The van der Waals surface area contributed by atoms with E-state index in [4.69, 9.17) is 9.47 Å². The Labute approximate surface area is 173 Å². The van der Waals surface area contributed by atoms with E-state index >= 15 is 0 Å². The number of piperidine rings is 1. The van der Waals surface area contributed by atoms with Crippen LogP contribution < -0.4 is 9.64 Å². The molecule has 8 heteroatoms. The highest BCUT2D eigenvalue weighted by molar-refractivity contribution is 5.91. The maximum Gasteiger partial charge on any atom is 0.360 e. The van der Waals surface area contributed by atoms with Crippen molar-refractivity contribution < 1.29 is 19.1 Å². The summed E-state index contributed by atoms with van der Waals surface area (Å²) >= 11 is 0. The number of carbonyl (C=O) groups is 2. The highest BCUT2D eigenvalue weighted by atomic mass is 16.5. The van der Waals surface area contributed by atoms with Gasteiger partial charge in [0.05, 0.1) is 25.2 Å². The van der Waals surface area contributed by atoms with Crippen LogP contribution in [-0.2, 0) is 9.53 Å². The standard InChI is InChI=1S/C22H22N4O4/c1-29-21(28)19-18(30-17-8-14-2-5-23-20(14)25-13-17)9-15(12-24-19)26-6-3-22(4-7-26)10-16(27)11-22/h2,5,8-9,12-13H,3-4,6-7,10-11H2,1H3,(H,23,25). The third-order valence-electron chi connectivity index (χ3n) is 6.15. The molecule has 5 rings (SSSR count). The van der Waals surface area contributed by atoms with Crippen molar-refractivity contribution in [3.63, 3.8) is 0 Å². The molecule has 3 aromatic rings. The number of hydrogen-bond acceptors (Lipinski definition) is 7. The molecule has 0 amide bonds. The first-order chi connectivity index (χ1) is 14.5. The molecule has 154 valence electrons. The van der Waals surface area contributed by atoms with Gasteiger partial charge in [0.2, 0.25) is 0 Å². The van der Waals surface area contributed by atoms with E-state index < -0.39 is 5.97 Å². The zero-order valence-corrected chi connectivity index (χ0v) is 16.7. The highest BCUT2D eigenvalue weighted by Crippen LogP contribution is 2.47. The van der Waals surface area contributed by atoms with Crippen LogP contribution in [-0.4, -0.2) is 46.9 Å². The van der Waals surface area contributed by atoms with Crippen molar-refractivity contribution in [1.82, 2.24) is 15.0 Å². The smallest absolute Gasteiger partial charge is 0.360 e. The van der Waals surface area contributed by atoms with Crippen molar-refractivity contribution in [3.05, 3.63) is 42.5 Å². The lowest BCUT2D eigenvalue weighted by molar-refractivity contribution is -0.133. The number of pyridine rings is 2. The van der Waals surface area contributed by atoms with Gasteiger partial charge in [0.1, 0.15) is 17.2 Å². The maximum atomic E-state index is 12.2. The van der Waals surface area contributed by atoms with Gasteiger partial charge >= 0.3 is 5.97 Å². The monoisotopic (exact) mass is 406 g/mol. The summed E-state index contributed by atoms with van der Waals surface area (Å²) in [4.78, 5) is 37.6. The zero-order chi connectivity index (χ0) is 20.7. The van der Waals surface area contributed by atoms with Crippen molar-refractivity contribution in [2.45, 2.75) is 25.7 Å². The summed E-state index contributed by atoms with van der Waals surface area (Å²) < 4.78 is 10.9. The van der Waals surface area contributed by atoms with Gasteiger partial charge in [0.15, 0.2) is 11.4 Å². The molecule has 0 radical (unpaired) electrons. The quantitative estimate of drug-likeness (QED) is 0.663. The highest BCUT2D eigenvalue weighted by Gasteiger charge is 2.45. The molecular formula is C22H22N4O4. The summed E-state index contributed by atoms with van der Waals surface area (Å²) in [5, 5.41) is 0.910. The first-order valence-corrected chi connectivity index (χ1v) is 10.0. The normalized spacial score (nSPS) is 17.8. The summed E-state index contributed by atoms with van der Waals surface area (Å²) in [6.07, 6.45) is 8.49. The average Bonchev–Trinajstić information content (AvgIpc) is 3.21. The fraction of sp³-hybridized carbons (Fsp3) is 0.364. The molecule has 1 saturated heterocycles. The molecule has 2 aliphatic rings. The lowest BCUT2D eigenvalue weighted by Gasteiger charge is -2.47. The van der Waals surface area contributed by atoms with Crippen LogP contribution in [0.3, 0.4) is 0 Å². The number of aromatic amines is 1. The molecule has 1 spiro atoms. The van der Waals surface area contributed by atoms with Gasteiger partial charge in [0, 0.05) is 43.6 Å². The van der Waals surface area contributed by atoms with E-state index in [2.05, 4.69) is 19.9 Å². The van der Waals surface area contributed by atoms with Gasteiger partial charge < -0.3 is 19.4 Å². The van der Waals surface area contributed by atoms with Gasteiger partial charge in [-0.05, 0) is 30.4 Å². The number of hydrogen-bond donors (Lipinski definition) is 1. The summed E-state index contributed by atoms with van der Waals surface area (Å²) in [6.45, 7) is 1.70. The van der Waals surface area contributed by atoms with Gasteiger partial charge in [-0.3, -0.25) is 4.79 Å². The molecule has 2 fully saturated rings. The van der Waals surface area contributed by atoms with Crippen LogP contribution in [0.5, 0.6) is 11.5 Å². The molecule has 1 saturated carbocycles. The third kappa shape index (κ3) is 3.28. The van der Waals surface area contributed by atoms with Crippen LogP contribution in [0, 0.1) is 5.41 Å². The second-order valence-electron chi connectivity index (χ2n) is 8.10. The van der Waals surface area contributed by atoms with Gasteiger partial charge in [-0.25, -0.2) is 14.8 Å². The number of Topliss-reactive ketones (excluding diaryl/α,β-unsaturated/α-hetero) is 1. The molecule has 1 aliphatic carbocycles. The SMILES string of the molecule is COC(=O)c1ncc(N2CCC3(CC2)CC(=O)C3)cc1Oc1cnc2[nH]ccc2c1. The number of H-pyrrole nitrogens is 1. The number of ketones is 1. The van der Waals surface area contributed by atoms with Crippen molar-refractivity contribution >= 4 is 28.5 Å². The fourth-order valence-corrected chi connectivity index (χ4v) is 4.41. The Morgan fingerprint density at radius 1 is 1.17 bits per heavy atom. The van der Waals surface area contributed by atoms with E-state index in [0.29, 0.717) is 30.1 Å². The third-order valence-corrected chi connectivity index (χ3v) is 6.15. The van der Waals surface area contributed by atoms with E-state index in [9.17, 15) is 9.59 Å². The molecule has 0 bridgehead atoms. The molecule has 4 heterocycles. The van der Waals surface area contributed by atoms with Crippen LogP contribution in [0.25, 0.3) is 11.0 Å². The van der Waals surface area contributed by atoms with E-state index in [-0.39, 0.29) is 11.1 Å². The lowest BCUT2D eigenvalue weighted by atomic mass is 9.62. The number of aromatic nitrogens is 3. The van der Waals surface area contributed by atoms with E-state index in [1.165, 1.54) is 7.11 Å². The molecule has 0 atom stereocenters. The minimum absolute atomic E-state index is 0.119. The molecule has 0 aromatic carbocycles. The van der Waals surface area contributed by atoms with E-state index in [0.717, 1.165) is 42.7 Å². The predicted molar refractivity (Wildman–Crippen MR) is 110 cm³/mol. The summed E-state index contributed by atoms with van der Waals surface area (Å²) in [5.41, 5.74) is 1.96. The molecule has 3 aromatic heterocycles. The Balaban J connectivity index is 1.41. The zero-order valence-electron chi connectivity index (χ0n) is 16.7. The topological polar surface area (TPSA) is 97.4 Å². The molecule has 1 N–H and O–H groups in total. The Hall–Kier alpha value is -3.42. The van der Waals surface area contributed by atoms with E-state index in [1.54, 1.807) is 12.4 Å². The van der Waals surface area contributed by atoms with Gasteiger partial charge in [-0.2, -0.15) is 0 Å². The summed E-state index contributed by atoms with van der Waals surface area (Å²) in [6, 6.07) is 5.58. The van der Waals surface area contributed by atoms with Crippen molar-refractivity contribution in [2.24, 2.45) is 5.41 Å². The Morgan fingerprint density at radius 3 is 2.70 bits per heavy atom. The maximum absolute atomic E-state index is 12.2. The first-order valence-electron chi connectivity index (χ1n) is 10.0. The minimum atomic E-state index is -0.558. The van der Waals surface area contributed by atoms with Gasteiger partial charge in [-0.1, -0.05) is 0 Å². The van der Waals surface area contributed by atoms with Crippen molar-refractivity contribution in [3.8, 4) is 11.5 Å². The number of ether oxygens (including phenoxy) is 2. The summed E-state index contributed by atoms with van der Waals surface area (Å²) in [7, 11) is 1.32. The Morgan fingerprint density at radius 2 is 1.97 bits per heavy atom. The van der Waals surface area contributed by atoms with Gasteiger partial charge in [0.25, 0.3) is 0 Å². The van der Waals surface area contributed by atoms with Crippen LogP contribution in [0.4, 0.5) is 5.69 Å². The Kier molecular flexibility index (Phi) is 4.42. The fourth-order valence-electron chi connectivity index (χ4n) is 4.41. The number of fused-ring (bicyclic) bond motifs is 1. The Bertz CT molecular complexity index is 1120. The first kappa shape index (κ1) is 18.6.